The van der Waals surface area contributed by atoms with E-state index in [1.807, 2.05) is 72.3 Å². The maximum atomic E-state index is 13.4. The topological polar surface area (TPSA) is 374 Å². The number of anilines is 4. The number of pyridine rings is 7. The highest BCUT2D eigenvalue weighted by Gasteiger charge is 2.45. The molecule has 704 valence electrons. The number of fused-ring (bicyclic) bond motifs is 5. The normalized spacial score (nSPS) is 14.4. The molecule has 0 radical (unpaired) electrons. The van der Waals surface area contributed by atoms with Crippen molar-refractivity contribution in [1.29, 1.82) is 0 Å². The molecule has 33 nitrogen and oxygen atoms in total. The van der Waals surface area contributed by atoms with Crippen molar-refractivity contribution < 1.29 is 84.6 Å². The number of benzene rings is 4. The van der Waals surface area contributed by atoms with E-state index in [9.17, 15) is 70.9 Å². The first-order chi connectivity index (χ1) is 64.5. The first-order valence-corrected chi connectivity index (χ1v) is 43.6. The van der Waals surface area contributed by atoms with Crippen molar-refractivity contribution in [3.8, 4) is 34.0 Å². The van der Waals surface area contributed by atoms with Gasteiger partial charge in [0.15, 0.2) is 0 Å². The molecule has 2 N–H and O–H groups in total. The van der Waals surface area contributed by atoms with Crippen LogP contribution in [0.4, 0.5) is 75.8 Å². The van der Waals surface area contributed by atoms with E-state index in [0.717, 1.165) is 134 Å². The Morgan fingerprint density at radius 3 is 1.21 bits per heavy atom. The van der Waals surface area contributed by atoms with E-state index in [2.05, 4.69) is 61.0 Å². The monoisotopic (exact) mass is 1890 g/mol. The Labute approximate surface area is 782 Å². The number of rotatable bonds is 12. The van der Waals surface area contributed by atoms with Crippen LogP contribution in [0, 0.1) is 31.9 Å². The molecule has 8 aliphatic rings. The lowest BCUT2D eigenvalue weighted by atomic mass is 10.1. The summed E-state index contributed by atoms with van der Waals surface area (Å²) in [4.78, 5) is 139. The maximum absolute atomic E-state index is 13.4. The number of aliphatic hydroxyl groups is 1. The predicted molar refractivity (Wildman–Crippen MR) is 490 cm³/mol. The Balaban J connectivity index is 0.000000142. The average Bonchev–Trinajstić information content (AvgIpc) is 1.27. The van der Waals surface area contributed by atoms with E-state index in [0.29, 0.717) is 76.9 Å². The Morgan fingerprint density at radius 2 is 0.800 bits per heavy atom. The number of ether oxygens (including phenoxy) is 4. The van der Waals surface area contributed by atoms with Crippen molar-refractivity contribution in [3.05, 3.63) is 298 Å². The molecule has 3 saturated heterocycles. The highest BCUT2D eigenvalue weighted by atomic mass is 35.5. The van der Waals surface area contributed by atoms with E-state index >= 15 is 0 Å². The quantitative estimate of drug-likeness (QED) is 0.0496. The zero-order valence-corrected chi connectivity index (χ0v) is 76.0. The van der Waals surface area contributed by atoms with Crippen molar-refractivity contribution >= 4 is 94.0 Å². The maximum Gasteiger partial charge on any atom is 0.471 e. The first kappa shape index (κ1) is 98.0. The van der Waals surface area contributed by atoms with Crippen LogP contribution in [0.25, 0.3) is 22.5 Å². The summed E-state index contributed by atoms with van der Waals surface area (Å²) in [5.74, 6) is -0.603. The number of carbonyl (C=O) groups is 6. The lowest BCUT2D eigenvalue weighted by Gasteiger charge is -2.32. The molecule has 11 aromatic rings. The van der Waals surface area contributed by atoms with Crippen LogP contribution in [0.15, 0.2) is 195 Å². The van der Waals surface area contributed by atoms with Gasteiger partial charge < -0.3 is 53.9 Å². The second kappa shape index (κ2) is 43.5. The summed E-state index contributed by atoms with van der Waals surface area (Å²) in [6.07, 6.45) is 4.23. The minimum atomic E-state index is -4.81. The van der Waals surface area contributed by atoms with Gasteiger partial charge in [0.1, 0.15) is 67.8 Å². The fourth-order valence-corrected chi connectivity index (χ4v) is 15.0. The highest BCUT2D eigenvalue weighted by Crippen LogP contribution is 2.37. The number of halogens is 7. The molecule has 4 aromatic carbocycles. The number of nitro groups is 2. The number of aliphatic hydroxyl groups excluding tert-OH is 1. The van der Waals surface area contributed by atoms with E-state index in [4.69, 9.17) is 47.3 Å². The number of aromatic nitrogens is 7. The van der Waals surface area contributed by atoms with Gasteiger partial charge in [-0.25, -0.2) is 62.8 Å². The molecule has 7 aromatic heterocycles. The lowest BCUT2D eigenvalue weighted by Crippen LogP contribution is -2.42. The molecule has 40 heteroatoms. The van der Waals surface area contributed by atoms with Crippen LogP contribution < -0.4 is 34.4 Å². The van der Waals surface area contributed by atoms with Crippen molar-refractivity contribution in [1.82, 2.24) is 59.8 Å². The number of nitrogens with one attached hydrogen (secondary N) is 1. The molecule has 15 heterocycles. The van der Waals surface area contributed by atoms with Crippen molar-refractivity contribution in [2.24, 2.45) is 0 Å². The molecule has 0 bridgehead atoms. The smallest absolute Gasteiger partial charge is 0.444 e. The lowest BCUT2D eigenvalue weighted by molar-refractivity contribution is -0.385. The van der Waals surface area contributed by atoms with Crippen LogP contribution in [0.2, 0.25) is 10.3 Å². The Morgan fingerprint density at radius 1 is 0.444 bits per heavy atom. The van der Waals surface area contributed by atoms with Gasteiger partial charge in [0, 0.05) is 153 Å². The number of hydrogen-bond acceptors (Lipinski definition) is 26. The molecular weight excluding hydrogens is 1800 g/mol. The first-order valence-electron chi connectivity index (χ1n) is 42.8. The van der Waals surface area contributed by atoms with Crippen LogP contribution in [-0.2, 0) is 90.9 Å². The van der Waals surface area contributed by atoms with Crippen molar-refractivity contribution in [2.45, 2.75) is 150 Å². The van der Waals surface area contributed by atoms with Crippen LogP contribution in [-0.4, -0.2) is 169 Å². The van der Waals surface area contributed by atoms with E-state index in [1.54, 1.807) is 87.8 Å². The third-order valence-corrected chi connectivity index (χ3v) is 22.2. The van der Waals surface area contributed by atoms with Gasteiger partial charge in [-0.3, -0.25) is 39.6 Å². The molecule has 0 aliphatic carbocycles. The van der Waals surface area contributed by atoms with Crippen molar-refractivity contribution in [2.75, 3.05) is 66.0 Å². The van der Waals surface area contributed by atoms with Gasteiger partial charge >= 0.3 is 42.1 Å². The van der Waals surface area contributed by atoms with Gasteiger partial charge in [-0.15, -0.1) is 0 Å². The van der Waals surface area contributed by atoms with Crippen LogP contribution in [0.3, 0.4) is 0 Å². The van der Waals surface area contributed by atoms with Crippen LogP contribution in [0.1, 0.15) is 122 Å². The number of imide groups is 1. The number of hydrogen-bond donors (Lipinski definition) is 2. The molecular formula is C95H95Cl2F5N18O15. The standard InChI is InChI=1S/C25H16FN3O6.C23H20FN5O3.C15H21N3O2.C12H15ClN2O2.C12H12F3N3O.C7H7ClN2.CH4O/c26-18-13-11-17(12-14-18)21-15-16-22(29(32)33)23(27-21)28(24(30)34-19-7-3-1-4-8-19)25(31)35-20-9-5-2-6-10-20;24-18-4-2-15(3-5-18)19-6-7-21(29(31)32)20(26-19)11-23(30)28-13-16-10-22(27-8-1-9-27)25-12-17(16)14-28;1-15(2,3)20-14(19)18-9-11-7-13(17-5-4-6-17)16-8-12(11)10-18;1-12(2,3)17-11(16)15-6-8-4-10(13)14-5-9(8)7-15;13-12(14,15)11(19)18-6-8-4-10(17-2-1-3-17)16-5-9(8)7-18;8-7-1-5-2-9-3-6(5)4-10-7;1-2/h1-16H;2-7,10,12H,1,8-9,11,13-14H2;7-8H,4-6,9-10H2,1-3H3;4-5H,6-7H2,1-3H3;4-5H,1-3,6-7H2;1,4,9H,2-3H2;2H,1H3. The molecule has 0 atom stereocenters. The summed E-state index contributed by atoms with van der Waals surface area (Å²) in [6.45, 7) is 22.2. The SMILES string of the molecule is CC(C)(C)OC(=O)N1Cc2cnc(Cl)cc2C1.CC(C)(C)OC(=O)N1Cc2cnc(N3CCC3)cc2C1.CO.Clc1cc2c(cn1)CNC2.O=C(Cc1nc(-c2ccc(F)cc2)ccc1[N+](=O)[O-])N1Cc2cnc(N3CCC3)cc2C1.O=C(N1Cc2cnc(N3CCC3)cc2C1)C(F)(F)F.O=C(Oc1ccccc1)N(C(=O)Oc1ccccc1)c1nc(-c2ccc(F)cc2)ccc1[N+](=O)[O-]. The predicted octanol–water partition coefficient (Wildman–Crippen LogP) is 17.7. The summed E-state index contributed by atoms with van der Waals surface area (Å²) >= 11 is 11.5. The van der Waals surface area contributed by atoms with Crippen molar-refractivity contribution in [3.63, 3.8) is 0 Å². The summed E-state index contributed by atoms with van der Waals surface area (Å²) in [5, 5.41) is 34.5. The van der Waals surface area contributed by atoms with Gasteiger partial charge in [0.05, 0.1) is 40.7 Å². The van der Waals surface area contributed by atoms with Gasteiger partial charge in [0.25, 0.3) is 5.69 Å². The van der Waals surface area contributed by atoms with Gasteiger partial charge in [0.2, 0.25) is 11.7 Å². The largest absolute Gasteiger partial charge is 0.471 e. The molecule has 0 unspecified atom stereocenters. The average molecular weight is 1890 g/mol. The zero-order valence-electron chi connectivity index (χ0n) is 74.5. The van der Waals surface area contributed by atoms with E-state index < -0.39 is 62.6 Å². The number of carbonyl (C=O) groups excluding carboxylic acids is 6. The van der Waals surface area contributed by atoms with Gasteiger partial charge in [-0.1, -0.05) is 59.6 Å². The third kappa shape index (κ3) is 25.9. The highest BCUT2D eigenvalue weighted by molar-refractivity contribution is 6.29. The summed E-state index contributed by atoms with van der Waals surface area (Å²) in [6, 6.07) is 41.4. The number of nitrogens with zero attached hydrogens (tertiary/aromatic N) is 17. The second-order valence-electron chi connectivity index (χ2n) is 33.8. The molecule has 0 spiro atoms. The number of amides is 6. The Bertz CT molecular complexity index is 6110. The summed E-state index contributed by atoms with van der Waals surface area (Å²) in [5.41, 5.74) is 10.4. The minimum Gasteiger partial charge on any atom is -0.444 e. The fourth-order valence-electron chi connectivity index (χ4n) is 14.7. The van der Waals surface area contributed by atoms with Crippen LogP contribution in [0.5, 0.6) is 11.5 Å². The molecule has 135 heavy (non-hydrogen) atoms. The number of alkyl halides is 3. The van der Waals surface area contributed by atoms with Gasteiger partial charge in [-0.2, -0.15) is 18.1 Å². The summed E-state index contributed by atoms with van der Waals surface area (Å²) in [7, 11) is 1.00. The number of para-hydroxylation sites is 2. The minimum absolute atomic E-state index is 0.0109. The third-order valence-electron chi connectivity index (χ3n) is 21.8. The zero-order chi connectivity index (χ0) is 96.6. The molecule has 6 amide bonds. The molecule has 3 fully saturated rings. The molecule has 0 saturated carbocycles. The van der Waals surface area contributed by atoms with Gasteiger partial charge in [-0.05, 0) is 232 Å². The Kier molecular flexibility index (Phi) is 31.6. The second-order valence-corrected chi connectivity index (χ2v) is 34.6. The van der Waals surface area contributed by atoms with Crippen LogP contribution >= 0.6 is 23.2 Å². The fraction of sp³-hybridized carbons (Fsp3) is 0.316. The van der Waals surface area contributed by atoms with E-state index in [-0.39, 0.29) is 72.0 Å². The van der Waals surface area contributed by atoms with E-state index in [1.165, 1.54) is 102 Å². The molecule has 19 rings (SSSR count). The Hall–Kier alpha value is -14.5. The molecule has 8 aliphatic heterocycles. The summed E-state index contributed by atoms with van der Waals surface area (Å²) < 4.78 is 85.0.